The highest BCUT2D eigenvalue weighted by Gasteiger charge is 2.35. The monoisotopic (exact) mass is 999 g/mol. The second kappa shape index (κ2) is 25.6. The number of benzene rings is 2. The fourth-order valence-electron chi connectivity index (χ4n) is 5.78. The van der Waals surface area contributed by atoms with Gasteiger partial charge in [-0.2, -0.15) is 0 Å². The van der Waals surface area contributed by atoms with Gasteiger partial charge in [0.15, 0.2) is 0 Å². The zero-order valence-electron chi connectivity index (χ0n) is 37.6. The van der Waals surface area contributed by atoms with Crippen LogP contribution in [-0.2, 0) is 67.9 Å². The van der Waals surface area contributed by atoms with E-state index in [9.17, 15) is 70.2 Å². The molecule has 0 aliphatic rings. The van der Waals surface area contributed by atoms with Crippen molar-refractivity contribution < 1.29 is 80.0 Å². The Morgan fingerprint density at radius 2 is 1.10 bits per heavy atom. The van der Waals surface area contributed by atoms with Gasteiger partial charge in [0.25, 0.3) is 0 Å². The molecule has 68 heavy (non-hydrogen) atoms. The summed E-state index contributed by atoms with van der Waals surface area (Å²) < 4.78 is 52.5. The van der Waals surface area contributed by atoms with Gasteiger partial charge >= 0.3 is 17.9 Å². The van der Waals surface area contributed by atoms with Crippen LogP contribution in [0.3, 0.4) is 0 Å². The smallest absolute Gasteiger partial charge is 0.317 e. The standard InChI is InChI=1S/C40H57N9O17S2/c1-39(2,38(61)47-30(18-35(56)57)37(60)46-27(23-50)17-34(54)55)24-66-40(3,4)13-14-43-31(51)19-48(20-32(52)44-25-5-9-28(10-6-25)67(41,62)63)15-16-49(22-36(58)59)21-33(53)45-26-7-11-29(12-8-26)68(42,64)65/h5-12,23,27,30H,13-22,24H2,1-4H3,(H,43,51)(H,44,52)(H,45,53)(H,46,60)(H,47,61)(H,54,55)(H,56,57)(H,58,59)(H2,41,62,63)(H2,42,64,65)/t27-,30-/m0/s1. The topological polar surface area (TPSA) is 410 Å². The molecule has 26 nitrogen and oxygen atoms in total. The largest absolute Gasteiger partial charge is 0.481 e. The number of aldehydes is 1. The summed E-state index contributed by atoms with van der Waals surface area (Å²) in [5.74, 6) is -8.03. The molecular formula is C40H57N9O17S2. The highest BCUT2D eigenvalue weighted by Crippen LogP contribution is 2.23. The van der Waals surface area contributed by atoms with Crippen LogP contribution >= 0.6 is 0 Å². The van der Waals surface area contributed by atoms with Gasteiger partial charge in [-0.3, -0.25) is 48.2 Å². The van der Waals surface area contributed by atoms with Gasteiger partial charge in [0.2, 0.25) is 49.6 Å². The van der Waals surface area contributed by atoms with Crippen molar-refractivity contribution in [2.75, 3.05) is 63.1 Å². The summed E-state index contributed by atoms with van der Waals surface area (Å²) in [6.07, 6.45) is -1.36. The van der Waals surface area contributed by atoms with Gasteiger partial charge in [-0.15, -0.1) is 0 Å². The summed E-state index contributed by atoms with van der Waals surface area (Å²) in [6.45, 7) is 3.60. The van der Waals surface area contributed by atoms with Crippen LogP contribution < -0.4 is 36.9 Å². The molecule has 0 bridgehead atoms. The molecule has 28 heteroatoms. The molecule has 2 aromatic rings. The van der Waals surface area contributed by atoms with Gasteiger partial charge in [0.1, 0.15) is 12.3 Å². The predicted octanol–water partition coefficient (Wildman–Crippen LogP) is -2.31. The van der Waals surface area contributed by atoms with Crippen molar-refractivity contribution in [2.24, 2.45) is 15.7 Å². The molecule has 0 aliphatic carbocycles. The van der Waals surface area contributed by atoms with Gasteiger partial charge in [-0.1, -0.05) is 0 Å². The van der Waals surface area contributed by atoms with Crippen molar-refractivity contribution in [3.8, 4) is 0 Å². The van der Waals surface area contributed by atoms with E-state index in [0.717, 1.165) is 12.1 Å². The average molecular weight is 1000 g/mol. The maximum Gasteiger partial charge on any atom is 0.317 e. The highest BCUT2D eigenvalue weighted by molar-refractivity contribution is 7.89. The molecule has 5 amide bonds. The lowest BCUT2D eigenvalue weighted by atomic mass is 9.92. The van der Waals surface area contributed by atoms with Crippen LogP contribution in [0.25, 0.3) is 0 Å². The van der Waals surface area contributed by atoms with E-state index in [0.29, 0.717) is 0 Å². The van der Waals surface area contributed by atoms with Crippen LogP contribution in [0, 0.1) is 5.41 Å². The Labute approximate surface area is 391 Å². The third-order valence-corrected chi connectivity index (χ3v) is 11.4. The summed E-state index contributed by atoms with van der Waals surface area (Å²) in [4.78, 5) is 113. The number of nitrogens with zero attached hydrogens (tertiary/aromatic N) is 2. The molecule has 12 N–H and O–H groups in total. The Morgan fingerprint density at radius 1 is 0.662 bits per heavy atom. The fourth-order valence-corrected chi connectivity index (χ4v) is 6.81. The molecule has 0 aliphatic heterocycles. The first kappa shape index (κ1) is 57.7. The number of primary sulfonamides is 2. The minimum Gasteiger partial charge on any atom is -0.481 e. The summed E-state index contributed by atoms with van der Waals surface area (Å²) >= 11 is 0. The Bertz CT molecular complexity index is 2380. The van der Waals surface area contributed by atoms with Crippen LogP contribution in [0.4, 0.5) is 11.4 Å². The third-order valence-electron chi connectivity index (χ3n) is 9.50. The number of rotatable bonds is 30. The van der Waals surface area contributed by atoms with Gasteiger partial charge in [-0.05, 0) is 82.6 Å². The van der Waals surface area contributed by atoms with Crippen LogP contribution in [0.5, 0.6) is 0 Å². The van der Waals surface area contributed by atoms with Crippen LogP contribution in [-0.4, -0.2) is 166 Å². The lowest BCUT2D eigenvalue weighted by Gasteiger charge is -2.32. The molecule has 0 saturated carbocycles. The minimum absolute atomic E-state index is 0.00646. The van der Waals surface area contributed by atoms with Gasteiger partial charge in [0, 0.05) is 31.0 Å². The Kier molecular flexibility index (Phi) is 21.7. The van der Waals surface area contributed by atoms with Crippen LogP contribution in [0.15, 0.2) is 58.3 Å². The number of carbonyl (C=O) groups is 9. The lowest BCUT2D eigenvalue weighted by molar-refractivity contribution is -0.144. The average Bonchev–Trinajstić information content (AvgIpc) is 3.20. The maximum absolute atomic E-state index is 13.3. The first-order chi connectivity index (χ1) is 31.4. The van der Waals surface area contributed by atoms with Gasteiger partial charge in [-0.25, -0.2) is 27.1 Å². The molecule has 0 fully saturated rings. The molecule has 0 unspecified atom stereocenters. The van der Waals surface area contributed by atoms with Crippen molar-refractivity contribution >= 4 is 85.2 Å². The van der Waals surface area contributed by atoms with E-state index in [1.165, 1.54) is 60.0 Å². The van der Waals surface area contributed by atoms with Crippen molar-refractivity contribution in [3.05, 3.63) is 48.5 Å². The van der Waals surface area contributed by atoms with E-state index in [4.69, 9.17) is 20.1 Å². The number of ether oxygens (including phenoxy) is 1. The van der Waals surface area contributed by atoms with Crippen LogP contribution in [0.1, 0.15) is 47.0 Å². The quantitative estimate of drug-likeness (QED) is 0.0368. The van der Waals surface area contributed by atoms with Crippen LogP contribution in [0.2, 0.25) is 0 Å². The number of nitrogens with two attached hydrogens (primary N) is 2. The number of aliphatic carboxylic acids is 3. The summed E-state index contributed by atoms with van der Waals surface area (Å²) in [5, 5.41) is 50.3. The molecule has 376 valence electrons. The number of anilines is 2. The number of carboxylic acid groups (broad SMARTS) is 3. The van der Waals surface area contributed by atoms with Crippen molar-refractivity contribution in [3.63, 3.8) is 0 Å². The number of hydrogen-bond donors (Lipinski definition) is 10. The molecule has 0 aromatic heterocycles. The zero-order valence-corrected chi connectivity index (χ0v) is 39.2. The molecule has 0 spiro atoms. The highest BCUT2D eigenvalue weighted by atomic mass is 32.2. The summed E-state index contributed by atoms with van der Waals surface area (Å²) in [6, 6.07) is 6.63. The normalized spacial score (nSPS) is 12.9. The first-order valence-corrected chi connectivity index (χ1v) is 23.4. The molecule has 2 rings (SSSR count). The van der Waals surface area contributed by atoms with Crippen molar-refractivity contribution in [2.45, 2.75) is 74.4 Å². The molecule has 2 aromatic carbocycles. The van der Waals surface area contributed by atoms with E-state index in [1.54, 1.807) is 13.8 Å². The zero-order chi connectivity index (χ0) is 51.6. The van der Waals surface area contributed by atoms with E-state index in [2.05, 4.69) is 26.6 Å². The number of hydrogen-bond acceptors (Lipinski definition) is 16. The number of amides is 5. The Hall–Kier alpha value is -6.43. The van der Waals surface area contributed by atoms with E-state index >= 15 is 0 Å². The number of carbonyl (C=O) groups excluding carboxylic acids is 6. The lowest BCUT2D eigenvalue weighted by Crippen LogP contribution is -2.54. The minimum atomic E-state index is -4.03. The number of sulfonamides is 2. The number of carboxylic acids is 3. The molecule has 2 atom stereocenters. The van der Waals surface area contributed by atoms with Gasteiger partial charge in [0.05, 0.1) is 72.5 Å². The first-order valence-electron chi connectivity index (χ1n) is 20.3. The second-order valence-electron chi connectivity index (χ2n) is 16.6. The summed E-state index contributed by atoms with van der Waals surface area (Å²) in [5.41, 5.74) is -2.04. The molecule has 0 radical (unpaired) electrons. The molecule has 0 heterocycles. The Morgan fingerprint density at radius 3 is 1.51 bits per heavy atom. The summed E-state index contributed by atoms with van der Waals surface area (Å²) in [7, 11) is -8.03. The van der Waals surface area contributed by atoms with E-state index in [-0.39, 0.29) is 60.1 Å². The molecule has 0 saturated heterocycles. The van der Waals surface area contributed by atoms with Crippen molar-refractivity contribution in [1.82, 2.24) is 25.8 Å². The van der Waals surface area contributed by atoms with Crippen molar-refractivity contribution in [1.29, 1.82) is 0 Å². The maximum atomic E-state index is 13.3. The van der Waals surface area contributed by atoms with Gasteiger partial charge < -0.3 is 51.4 Å². The Balaban J connectivity index is 2.13. The second-order valence-corrected chi connectivity index (χ2v) is 19.7. The number of nitrogens with one attached hydrogen (secondary N) is 5. The predicted molar refractivity (Wildman–Crippen MR) is 239 cm³/mol. The third kappa shape index (κ3) is 21.9. The molecular weight excluding hydrogens is 943 g/mol. The van der Waals surface area contributed by atoms with E-state index in [1.807, 2.05) is 0 Å². The van der Waals surface area contributed by atoms with E-state index < -0.39 is 130 Å². The SMILES string of the molecule is CC(C)(CCNC(=O)CN(CCN(CC(=O)O)CC(=O)Nc1ccc(S(N)(=O)=O)cc1)CC(=O)Nc1ccc(S(N)(=O)=O)cc1)OCC(C)(C)C(=O)N[C@@H](CC(=O)O)C(=O)N[C@H](C=O)CC(=O)O. The fraction of sp³-hybridized carbons (Fsp3) is 0.475.